The molecule has 0 aromatic heterocycles. The van der Waals surface area contributed by atoms with Gasteiger partial charge in [0.15, 0.2) is 0 Å². The van der Waals surface area contributed by atoms with E-state index >= 15 is 0 Å². The van der Waals surface area contributed by atoms with E-state index in [-0.39, 0.29) is 11.3 Å². The summed E-state index contributed by atoms with van der Waals surface area (Å²) in [6.07, 6.45) is 0.159. The lowest BCUT2D eigenvalue weighted by Gasteiger charge is -2.13. The molecule has 1 aromatic carbocycles. The van der Waals surface area contributed by atoms with Crippen LogP contribution in [0, 0.1) is 0 Å². The number of carbonyl (C=O) groups is 1. The molecule has 118 valence electrons. The fraction of sp³-hybridized carbons (Fsp3) is 0.462. The first-order valence-electron chi connectivity index (χ1n) is 6.37. The Morgan fingerprint density at radius 3 is 2.38 bits per heavy atom. The monoisotopic (exact) mass is 317 g/mol. The van der Waals surface area contributed by atoms with Gasteiger partial charge in [-0.15, -0.1) is 0 Å². The molecular formula is C13H19NO6S. The molecule has 0 radical (unpaired) electrons. The molecule has 7 nitrogen and oxygen atoms in total. The number of methoxy groups -OCH3 is 1. The van der Waals surface area contributed by atoms with Crippen LogP contribution in [0.5, 0.6) is 5.75 Å². The van der Waals surface area contributed by atoms with Crippen molar-refractivity contribution in [2.75, 3.05) is 20.3 Å². The maximum Gasteiger partial charge on any atom is 0.321 e. The summed E-state index contributed by atoms with van der Waals surface area (Å²) in [7, 11) is -2.32. The van der Waals surface area contributed by atoms with Gasteiger partial charge in [-0.2, -0.15) is 4.72 Å². The van der Waals surface area contributed by atoms with Crippen molar-refractivity contribution in [2.45, 2.75) is 24.3 Å². The standard InChI is InChI=1S/C13H19NO6S/c1-3-12(13(15)16)14-21(17,18)11-6-4-10(5-7-11)20-9-8-19-2/h4-7,12,14H,3,8-9H2,1-2H3,(H,15,16)/t12-/m1/s1. The summed E-state index contributed by atoms with van der Waals surface area (Å²) >= 11 is 0. The third kappa shape index (κ3) is 5.33. The number of benzene rings is 1. The Morgan fingerprint density at radius 2 is 1.90 bits per heavy atom. The molecule has 0 unspecified atom stereocenters. The van der Waals surface area contributed by atoms with E-state index < -0.39 is 22.0 Å². The molecule has 0 spiro atoms. The Hall–Kier alpha value is -1.64. The van der Waals surface area contributed by atoms with Crippen LogP contribution in [-0.4, -0.2) is 45.9 Å². The number of rotatable bonds is 9. The topological polar surface area (TPSA) is 102 Å². The van der Waals surface area contributed by atoms with Crippen LogP contribution in [0.2, 0.25) is 0 Å². The van der Waals surface area contributed by atoms with Crippen molar-refractivity contribution in [2.24, 2.45) is 0 Å². The van der Waals surface area contributed by atoms with Crippen LogP contribution in [0.4, 0.5) is 0 Å². The lowest BCUT2D eigenvalue weighted by molar-refractivity contribution is -0.139. The second-order valence-electron chi connectivity index (χ2n) is 4.23. The van der Waals surface area contributed by atoms with Crippen LogP contribution in [0.25, 0.3) is 0 Å². The average molecular weight is 317 g/mol. The Balaban J connectivity index is 2.77. The highest BCUT2D eigenvalue weighted by molar-refractivity contribution is 7.89. The van der Waals surface area contributed by atoms with Crippen molar-refractivity contribution in [1.29, 1.82) is 0 Å². The molecule has 21 heavy (non-hydrogen) atoms. The Labute approximate surface area is 123 Å². The van der Waals surface area contributed by atoms with Gasteiger partial charge < -0.3 is 14.6 Å². The average Bonchev–Trinajstić information content (AvgIpc) is 2.45. The molecule has 0 heterocycles. The second-order valence-corrected chi connectivity index (χ2v) is 5.95. The lowest BCUT2D eigenvalue weighted by Crippen LogP contribution is -2.40. The number of sulfonamides is 1. The van der Waals surface area contributed by atoms with Crippen LogP contribution < -0.4 is 9.46 Å². The zero-order chi connectivity index (χ0) is 15.9. The van der Waals surface area contributed by atoms with E-state index in [1.807, 2.05) is 0 Å². The molecule has 0 saturated heterocycles. The minimum Gasteiger partial charge on any atom is -0.491 e. The minimum atomic E-state index is -3.87. The van der Waals surface area contributed by atoms with Gasteiger partial charge in [-0.25, -0.2) is 8.42 Å². The van der Waals surface area contributed by atoms with Gasteiger partial charge in [0.05, 0.1) is 11.5 Å². The molecule has 0 amide bonds. The van der Waals surface area contributed by atoms with E-state index in [0.29, 0.717) is 19.0 Å². The summed E-state index contributed by atoms with van der Waals surface area (Å²) in [5, 5.41) is 8.89. The number of hydrogen-bond acceptors (Lipinski definition) is 5. The highest BCUT2D eigenvalue weighted by Crippen LogP contribution is 2.16. The van der Waals surface area contributed by atoms with Gasteiger partial charge in [0.25, 0.3) is 0 Å². The quantitative estimate of drug-likeness (QED) is 0.655. The van der Waals surface area contributed by atoms with E-state index in [9.17, 15) is 13.2 Å². The smallest absolute Gasteiger partial charge is 0.321 e. The number of hydrogen-bond donors (Lipinski definition) is 2. The maximum atomic E-state index is 12.0. The molecule has 0 fully saturated rings. The molecule has 0 saturated carbocycles. The molecule has 8 heteroatoms. The van der Waals surface area contributed by atoms with Crippen molar-refractivity contribution in [3.63, 3.8) is 0 Å². The fourth-order valence-corrected chi connectivity index (χ4v) is 2.79. The fourth-order valence-electron chi connectivity index (χ4n) is 1.52. The van der Waals surface area contributed by atoms with Gasteiger partial charge >= 0.3 is 5.97 Å². The van der Waals surface area contributed by atoms with Gasteiger partial charge in [-0.1, -0.05) is 6.92 Å². The first-order chi connectivity index (χ1) is 9.90. The van der Waals surface area contributed by atoms with Gasteiger partial charge in [0.2, 0.25) is 10.0 Å². The molecule has 2 N–H and O–H groups in total. The predicted molar refractivity (Wildman–Crippen MR) is 75.8 cm³/mol. The van der Waals surface area contributed by atoms with Crippen LogP contribution in [0.3, 0.4) is 0 Å². The van der Waals surface area contributed by atoms with Crippen molar-refractivity contribution >= 4 is 16.0 Å². The summed E-state index contributed by atoms with van der Waals surface area (Å²) in [6.45, 7) is 2.38. The number of aliphatic carboxylic acids is 1. The Morgan fingerprint density at radius 1 is 1.29 bits per heavy atom. The van der Waals surface area contributed by atoms with E-state index in [1.165, 1.54) is 24.3 Å². The molecule has 1 atom stereocenters. The van der Waals surface area contributed by atoms with Crippen LogP contribution in [0.15, 0.2) is 29.2 Å². The van der Waals surface area contributed by atoms with Crippen molar-refractivity contribution in [3.05, 3.63) is 24.3 Å². The summed E-state index contributed by atoms with van der Waals surface area (Å²) in [5.41, 5.74) is 0. The third-order valence-corrected chi connectivity index (χ3v) is 4.18. The lowest BCUT2D eigenvalue weighted by atomic mass is 10.2. The zero-order valence-corrected chi connectivity index (χ0v) is 12.7. The molecular weight excluding hydrogens is 298 g/mol. The van der Waals surface area contributed by atoms with E-state index in [0.717, 1.165) is 0 Å². The normalized spacial score (nSPS) is 12.9. The van der Waals surface area contributed by atoms with Gasteiger partial charge in [0.1, 0.15) is 18.4 Å². The van der Waals surface area contributed by atoms with Crippen LogP contribution >= 0.6 is 0 Å². The van der Waals surface area contributed by atoms with Gasteiger partial charge in [-0.05, 0) is 30.7 Å². The van der Waals surface area contributed by atoms with Crippen LogP contribution in [-0.2, 0) is 19.6 Å². The van der Waals surface area contributed by atoms with Crippen molar-refractivity contribution in [3.8, 4) is 5.75 Å². The molecule has 0 bridgehead atoms. The molecule has 1 rings (SSSR count). The maximum absolute atomic E-state index is 12.0. The Bertz CT molecular complexity index is 555. The summed E-state index contributed by atoms with van der Waals surface area (Å²) in [4.78, 5) is 10.9. The third-order valence-electron chi connectivity index (χ3n) is 2.69. The Kier molecular flexibility index (Phi) is 6.60. The zero-order valence-electron chi connectivity index (χ0n) is 11.9. The number of ether oxygens (including phenoxy) is 2. The second kappa shape index (κ2) is 7.96. The SMILES string of the molecule is CC[C@@H](NS(=O)(=O)c1ccc(OCCOC)cc1)C(=O)O. The van der Waals surface area contributed by atoms with Gasteiger partial charge in [0, 0.05) is 7.11 Å². The number of carboxylic acid groups (broad SMARTS) is 1. The van der Waals surface area contributed by atoms with Gasteiger partial charge in [-0.3, -0.25) is 4.79 Å². The van der Waals surface area contributed by atoms with E-state index in [4.69, 9.17) is 14.6 Å². The summed E-state index contributed by atoms with van der Waals surface area (Å²) < 4.78 is 36.4. The first-order valence-corrected chi connectivity index (χ1v) is 7.86. The number of carboxylic acids is 1. The summed E-state index contributed by atoms with van der Waals surface area (Å²) in [5.74, 6) is -0.697. The van der Waals surface area contributed by atoms with Crippen molar-refractivity contribution in [1.82, 2.24) is 4.72 Å². The van der Waals surface area contributed by atoms with E-state index in [1.54, 1.807) is 14.0 Å². The van der Waals surface area contributed by atoms with E-state index in [2.05, 4.69) is 4.72 Å². The molecule has 0 aliphatic rings. The summed E-state index contributed by atoms with van der Waals surface area (Å²) in [6, 6.07) is 4.59. The number of nitrogens with one attached hydrogen (secondary N) is 1. The molecule has 0 aliphatic carbocycles. The van der Waals surface area contributed by atoms with Crippen molar-refractivity contribution < 1.29 is 27.8 Å². The predicted octanol–water partition coefficient (Wildman–Crippen LogP) is 0.853. The highest BCUT2D eigenvalue weighted by atomic mass is 32.2. The highest BCUT2D eigenvalue weighted by Gasteiger charge is 2.23. The minimum absolute atomic E-state index is 0.0127. The molecule has 1 aromatic rings. The van der Waals surface area contributed by atoms with Crippen LogP contribution in [0.1, 0.15) is 13.3 Å². The molecule has 0 aliphatic heterocycles. The first kappa shape index (κ1) is 17.4. The largest absolute Gasteiger partial charge is 0.491 e.